The van der Waals surface area contributed by atoms with Crippen molar-refractivity contribution in [2.24, 2.45) is 0 Å². The predicted molar refractivity (Wildman–Crippen MR) is 223 cm³/mol. The van der Waals surface area contributed by atoms with E-state index in [1.54, 1.807) is 18.2 Å². The SMILES string of the molecule is CCCCCCCCCCc1ccccc1Oc1cccc(O)c1S(=O)(=O)O.CCCCCCCCCCc1ccccc1Oc1cccc([O-])c1S(=O)(=O)[O-].[Ca+2]. The molecule has 2 N–H and O–H groups in total. The molecule has 13 heteroatoms. The van der Waals surface area contributed by atoms with Crippen molar-refractivity contribution in [3.8, 4) is 34.5 Å². The zero-order valence-corrected chi connectivity index (χ0v) is 37.3. The molecule has 0 spiro atoms. The van der Waals surface area contributed by atoms with E-state index in [1.807, 2.05) is 30.3 Å². The second kappa shape index (κ2) is 27.0. The van der Waals surface area contributed by atoms with Crippen LogP contribution in [0.15, 0.2) is 94.7 Å². The number of phenolic OH excluding ortho intramolecular Hbond substituents is 1. The minimum Gasteiger partial charge on any atom is -0.872 e. The molecule has 308 valence electrons. The van der Waals surface area contributed by atoms with Gasteiger partial charge in [0, 0.05) is 0 Å². The van der Waals surface area contributed by atoms with Gasteiger partial charge in [0.1, 0.15) is 33.1 Å². The zero-order valence-electron chi connectivity index (χ0n) is 33.5. The summed E-state index contributed by atoms with van der Waals surface area (Å²) in [4.78, 5) is -1.45. The average molecular weight is 851 g/mol. The van der Waals surface area contributed by atoms with Gasteiger partial charge in [-0.25, -0.2) is 8.42 Å². The number of phenols is 1. The number of aryl methyl sites for hydroxylation is 2. The summed E-state index contributed by atoms with van der Waals surface area (Å²) < 4.78 is 78.4. The van der Waals surface area contributed by atoms with E-state index in [-0.39, 0.29) is 49.2 Å². The van der Waals surface area contributed by atoms with Gasteiger partial charge < -0.3 is 24.2 Å². The Balaban J connectivity index is 0.000000387. The number of aromatic hydroxyl groups is 1. The number of hydrogen-bond acceptors (Lipinski definition) is 9. The van der Waals surface area contributed by atoms with Crippen molar-refractivity contribution in [3.63, 3.8) is 0 Å². The standard InChI is InChI=1S/2C22H30O5S.Ca/c2*1-2-3-4-5-6-7-8-9-13-18-14-10-11-16-20(18)27-21-17-12-15-19(23)22(21)28(24,25)26;/h2*10-12,14-17,23H,2-9,13H2,1H3,(H,24,25,26);/q;;+2/p-2. The minimum absolute atomic E-state index is 0. The topological polar surface area (TPSA) is 173 Å². The van der Waals surface area contributed by atoms with Crippen LogP contribution in [0.1, 0.15) is 128 Å². The van der Waals surface area contributed by atoms with Gasteiger partial charge in [0.15, 0.2) is 10.6 Å². The molecule has 57 heavy (non-hydrogen) atoms. The number of hydrogen-bond donors (Lipinski definition) is 2. The Morgan fingerprint density at radius 1 is 0.509 bits per heavy atom. The van der Waals surface area contributed by atoms with Crippen molar-refractivity contribution in [2.45, 2.75) is 139 Å². The van der Waals surface area contributed by atoms with E-state index in [9.17, 15) is 36.2 Å². The number of benzene rings is 4. The van der Waals surface area contributed by atoms with Crippen LogP contribution in [-0.4, -0.2) is 68.8 Å². The van der Waals surface area contributed by atoms with E-state index in [2.05, 4.69) is 13.8 Å². The Bertz CT molecular complexity index is 1840. The van der Waals surface area contributed by atoms with Gasteiger partial charge in [-0.1, -0.05) is 164 Å². The van der Waals surface area contributed by atoms with Crippen molar-refractivity contribution in [3.05, 3.63) is 96.1 Å². The second-order valence-electron chi connectivity index (χ2n) is 14.0. The monoisotopic (exact) mass is 850 g/mol. The molecule has 0 heterocycles. The Morgan fingerprint density at radius 2 is 0.877 bits per heavy atom. The van der Waals surface area contributed by atoms with Crippen molar-refractivity contribution >= 4 is 58.0 Å². The Morgan fingerprint density at radius 3 is 1.30 bits per heavy atom. The molecule has 0 aliphatic heterocycles. The van der Waals surface area contributed by atoms with E-state index in [0.717, 1.165) is 55.7 Å². The fourth-order valence-corrected chi connectivity index (χ4v) is 7.79. The first-order valence-corrected chi connectivity index (χ1v) is 22.8. The first-order valence-electron chi connectivity index (χ1n) is 19.9. The molecule has 0 saturated heterocycles. The van der Waals surface area contributed by atoms with Gasteiger partial charge >= 0.3 is 47.9 Å². The first kappa shape index (κ1) is 50.3. The summed E-state index contributed by atoms with van der Waals surface area (Å²) in [5.74, 6) is -0.702. The predicted octanol–water partition coefficient (Wildman–Crippen LogP) is 10.9. The summed E-state index contributed by atoms with van der Waals surface area (Å²) in [6, 6.07) is 22.6. The zero-order chi connectivity index (χ0) is 40.8. The summed E-state index contributed by atoms with van der Waals surface area (Å²) in [5.41, 5.74) is 1.90. The largest absolute Gasteiger partial charge is 2.00 e. The number of rotatable bonds is 24. The molecule has 0 radical (unpaired) electrons. The summed E-state index contributed by atoms with van der Waals surface area (Å²) in [6.07, 6.45) is 21.2. The summed E-state index contributed by atoms with van der Waals surface area (Å²) in [6.45, 7) is 4.43. The summed E-state index contributed by atoms with van der Waals surface area (Å²) in [7, 11) is -9.52. The molecular weight excluding hydrogens is 793 g/mol. The summed E-state index contributed by atoms with van der Waals surface area (Å²) >= 11 is 0. The van der Waals surface area contributed by atoms with Crippen LogP contribution < -0.4 is 14.6 Å². The van der Waals surface area contributed by atoms with E-state index in [0.29, 0.717) is 11.5 Å². The second-order valence-corrected chi connectivity index (χ2v) is 16.7. The molecule has 0 unspecified atom stereocenters. The van der Waals surface area contributed by atoms with Crippen LogP contribution in [0, 0.1) is 0 Å². The molecule has 0 saturated carbocycles. The van der Waals surface area contributed by atoms with Crippen LogP contribution in [0.2, 0.25) is 0 Å². The minimum atomic E-state index is -4.92. The third kappa shape index (κ3) is 18.3. The molecule has 0 aliphatic carbocycles. The van der Waals surface area contributed by atoms with Crippen LogP contribution in [0.4, 0.5) is 0 Å². The smallest absolute Gasteiger partial charge is 0.872 e. The van der Waals surface area contributed by atoms with Crippen molar-refractivity contribution in [2.75, 3.05) is 0 Å². The van der Waals surface area contributed by atoms with Crippen LogP contribution >= 0.6 is 0 Å². The summed E-state index contributed by atoms with van der Waals surface area (Å²) in [5, 5.41) is 21.7. The van der Waals surface area contributed by atoms with Crippen molar-refractivity contribution in [1.82, 2.24) is 0 Å². The molecule has 4 aromatic carbocycles. The molecule has 0 bridgehead atoms. The third-order valence-corrected chi connectivity index (χ3v) is 11.2. The Labute approximate surface area is 370 Å². The van der Waals surface area contributed by atoms with Gasteiger partial charge in [-0.2, -0.15) is 8.42 Å². The van der Waals surface area contributed by atoms with Crippen molar-refractivity contribution in [1.29, 1.82) is 0 Å². The Kier molecular flexibility index (Phi) is 23.8. The van der Waals surface area contributed by atoms with Gasteiger partial charge in [0.25, 0.3) is 0 Å². The molecule has 0 atom stereocenters. The van der Waals surface area contributed by atoms with Gasteiger partial charge in [0.2, 0.25) is 0 Å². The molecule has 0 fully saturated rings. The maximum atomic E-state index is 11.8. The first-order chi connectivity index (χ1) is 26.9. The molecule has 4 rings (SSSR count). The van der Waals surface area contributed by atoms with Crippen LogP contribution in [0.25, 0.3) is 0 Å². The fourth-order valence-electron chi connectivity index (χ4n) is 6.42. The number of ether oxygens (including phenoxy) is 2. The number of unbranched alkanes of at least 4 members (excludes halogenated alkanes) is 14. The van der Waals surface area contributed by atoms with Crippen molar-refractivity contribution < 1.29 is 45.6 Å². The Hall–Kier alpha value is -2.84. The molecule has 0 aliphatic rings. The molecular formula is C44H58CaO10S2. The molecule has 4 aromatic rings. The van der Waals surface area contributed by atoms with E-state index >= 15 is 0 Å². The molecule has 0 amide bonds. The number of para-hydroxylation sites is 2. The van der Waals surface area contributed by atoms with Crippen LogP contribution in [0.3, 0.4) is 0 Å². The van der Waals surface area contributed by atoms with Gasteiger partial charge in [-0.15, -0.1) is 0 Å². The quantitative estimate of drug-likeness (QED) is 0.0392. The van der Waals surface area contributed by atoms with Crippen LogP contribution in [0.5, 0.6) is 34.5 Å². The van der Waals surface area contributed by atoms with Gasteiger partial charge in [-0.05, 0) is 67.1 Å². The van der Waals surface area contributed by atoms with E-state index in [1.165, 1.54) is 107 Å². The average Bonchev–Trinajstić information content (AvgIpc) is 3.14. The molecule has 0 aromatic heterocycles. The van der Waals surface area contributed by atoms with Gasteiger partial charge in [0.05, 0.1) is 4.90 Å². The molecule has 10 nitrogen and oxygen atoms in total. The normalized spacial score (nSPS) is 11.3. The third-order valence-electron chi connectivity index (χ3n) is 9.39. The van der Waals surface area contributed by atoms with E-state index < -0.39 is 41.5 Å². The maximum absolute atomic E-state index is 11.8. The fraction of sp³-hybridized carbons (Fsp3) is 0.455. The van der Waals surface area contributed by atoms with Gasteiger partial charge in [-0.3, -0.25) is 4.55 Å². The van der Waals surface area contributed by atoms with E-state index in [4.69, 9.17) is 9.47 Å². The van der Waals surface area contributed by atoms with Crippen LogP contribution in [-0.2, 0) is 33.1 Å². The maximum Gasteiger partial charge on any atom is 2.00 e.